The molecule has 3 N–H and O–H groups in total. The molecule has 0 saturated carbocycles. The maximum absolute atomic E-state index is 11.6. The minimum absolute atomic E-state index is 0.0948. The van der Waals surface area contributed by atoms with Crippen molar-refractivity contribution in [1.29, 1.82) is 0 Å². The van der Waals surface area contributed by atoms with Gasteiger partial charge >= 0.3 is 0 Å². The Bertz CT molecular complexity index is 240. The lowest BCUT2D eigenvalue weighted by Gasteiger charge is -2.45. The Morgan fingerprint density at radius 1 is 1.53 bits per heavy atom. The van der Waals surface area contributed by atoms with Crippen molar-refractivity contribution in [2.24, 2.45) is 5.73 Å². The van der Waals surface area contributed by atoms with E-state index in [1.807, 2.05) is 20.8 Å². The predicted octanol–water partition coefficient (Wildman–Crippen LogP) is 0.324. The third-order valence-electron chi connectivity index (χ3n) is 2.90. The van der Waals surface area contributed by atoms with E-state index in [9.17, 15) is 4.79 Å². The van der Waals surface area contributed by atoms with Gasteiger partial charge in [0.25, 0.3) is 0 Å². The highest BCUT2D eigenvalue weighted by molar-refractivity contribution is 5.78. The number of nitrogens with zero attached hydrogens (tertiary/aromatic N) is 1. The van der Waals surface area contributed by atoms with Gasteiger partial charge in [-0.2, -0.15) is 0 Å². The molecule has 1 amide bonds. The zero-order chi connectivity index (χ0) is 11.7. The summed E-state index contributed by atoms with van der Waals surface area (Å²) in [5.74, 6) is 0.0948. The molecule has 0 aliphatic carbocycles. The molecule has 88 valence electrons. The highest BCUT2D eigenvalue weighted by atomic mass is 16.2. The van der Waals surface area contributed by atoms with Gasteiger partial charge in [0.1, 0.15) is 0 Å². The summed E-state index contributed by atoms with van der Waals surface area (Å²) >= 11 is 0. The molecule has 0 spiro atoms. The van der Waals surface area contributed by atoms with Crippen molar-refractivity contribution in [3.05, 3.63) is 0 Å². The highest BCUT2D eigenvalue weighted by Gasteiger charge is 2.35. The van der Waals surface area contributed by atoms with E-state index < -0.39 is 0 Å². The fourth-order valence-electron chi connectivity index (χ4n) is 1.80. The third kappa shape index (κ3) is 3.80. The number of nitrogens with one attached hydrogen (secondary N) is 1. The van der Waals surface area contributed by atoms with Crippen molar-refractivity contribution in [1.82, 2.24) is 10.2 Å². The van der Waals surface area contributed by atoms with E-state index in [0.717, 1.165) is 19.5 Å². The maximum atomic E-state index is 11.6. The average Bonchev–Trinajstić information content (AvgIpc) is 1.99. The largest absolute Gasteiger partial charge is 0.350 e. The number of likely N-dealkylation sites (tertiary alicyclic amines) is 1. The summed E-state index contributed by atoms with van der Waals surface area (Å²) in [6.45, 7) is 10.2. The van der Waals surface area contributed by atoms with Crippen LogP contribution >= 0.6 is 0 Å². The van der Waals surface area contributed by atoms with Crippen molar-refractivity contribution in [3.63, 3.8) is 0 Å². The normalized spacial score (nSPS) is 20.9. The van der Waals surface area contributed by atoms with Crippen LogP contribution in [0.3, 0.4) is 0 Å². The Balaban J connectivity index is 2.26. The second kappa shape index (κ2) is 4.10. The Morgan fingerprint density at radius 2 is 2.07 bits per heavy atom. The van der Waals surface area contributed by atoms with Crippen molar-refractivity contribution in [2.75, 3.05) is 19.6 Å². The Kier molecular flexibility index (Phi) is 3.41. The molecule has 0 radical (unpaired) electrons. The molecule has 0 aromatic carbocycles. The molecular formula is C11H23N3O. The number of hydrogen-bond acceptors (Lipinski definition) is 3. The molecule has 0 bridgehead atoms. The average molecular weight is 213 g/mol. The Hall–Kier alpha value is -0.610. The van der Waals surface area contributed by atoms with E-state index in [0.29, 0.717) is 6.54 Å². The van der Waals surface area contributed by atoms with Crippen LogP contribution in [0.25, 0.3) is 0 Å². The summed E-state index contributed by atoms with van der Waals surface area (Å²) in [5, 5.41) is 3.01. The standard InChI is InChI=1S/C11H23N3O/c1-5-10(2,3)13-9(15)6-14-7-11(4,12)8-14/h5-8,12H2,1-4H3,(H,13,15). The Morgan fingerprint density at radius 3 is 2.47 bits per heavy atom. The van der Waals surface area contributed by atoms with E-state index in [2.05, 4.69) is 17.1 Å². The summed E-state index contributed by atoms with van der Waals surface area (Å²) in [6, 6.07) is 0. The maximum Gasteiger partial charge on any atom is 0.234 e. The lowest BCUT2D eigenvalue weighted by Crippen LogP contribution is -2.67. The summed E-state index contributed by atoms with van der Waals surface area (Å²) in [5.41, 5.74) is 5.67. The fraction of sp³-hybridized carbons (Fsp3) is 0.909. The number of amides is 1. The van der Waals surface area contributed by atoms with Gasteiger partial charge in [0.15, 0.2) is 0 Å². The molecular weight excluding hydrogens is 190 g/mol. The van der Waals surface area contributed by atoms with Crippen LogP contribution in [0, 0.1) is 0 Å². The van der Waals surface area contributed by atoms with E-state index in [1.165, 1.54) is 0 Å². The minimum atomic E-state index is -0.103. The second-order valence-corrected chi connectivity index (χ2v) is 5.58. The van der Waals surface area contributed by atoms with Gasteiger partial charge < -0.3 is 11.1 Å². The van der Waals surface area contributed by atoms with Gasteiger partial charge in [-0.15, -0.1) is 0 Å². The smallest absolute Gasteiger partial charge is 0.234 e. The van der Waals surface area contributed by atoms with Gasteiger partial charge in [0.2, 0.25) is 5.91 Å². The first-order chi connectivity index (χ1) is 6.74. The highest BCUT2D eigenvalue weighted by Crippen LogP contribution is 2.16. The number of hydrogen-bond donors (Lipinski definition) is 2. The van der Waals surface area contributed by atoms with Crippen molar-refractivity contribution >= 4 is 5.91 Å². The van der Waals surface area contributed by atoms with E-state index in [1.54, 1.807) is 0 Å². The molecule has 15 heavy (non-hydrogen) atoms. The second-order valence-electron chi connectivity index (χ2n) is 5.58. The SMILES string of the molecule is CCC(C)(C)NC(=O)CN1CC(C)(N)C1. The van der Waals surface area contributed by atoms with Crippen LogP contribution in [-0.2, 0) is 4.79 Å². The van der Waals surface area contributed by atoms with Crippen molar-refractivity contribution in [3.8, 4) is 0 Å². The van der Waals surface area contributed by atoms with Crippen LogP contribution < -0.4 is 11.1 Å². The van der Waals surface area contributed by atoms with Gasteiger partial charge in [-0.1, -0.05) is 6.92 Å². The molecule has 0 aromatic rings. The molecule has 0 unspecified atom stereocenters. The summed E-state index contributed by atoms with van der Waals surface area (Å²) in [4.78, 5) is 13.7. The molecule has 0 aromatic heterocycles. The lowest BCUT2D eigenvalue weighted by molar-refractivity contribution is -0.125. The van der Waals surface area contributed by atoms with Crippen LogP contribution in [0.15, 0.2) is 0 Å². The van der Waals surface area contributed by atoms with E-state index in [-0.39, 0.29) is 17.0 Å². The quantitative estimate of drug-likeness (QED) is 0.707. The van der Waals surface area contributed by atoms with Gasteiger partial charge in [-0.25, -0.2) is 0 Å². The number of carbonyl (C=O) groups is 1. The number of rotatable bonds is 4. The first kappa shape index (κ1) is 12.5. The zero-order valence-corrected chi connectivity index (χ0v) is 10.3. The third-order valence-corrected chi connectivity index (χ3v) is 2.90. The fourth-order valence-corrected chi connectivity index (χ4v) is 1.80. The molecule has 1 saturated heterocycles. The minimum Gasteiger partial charge on any atom is -0.350 e. The van der Waals surface area contributed by atoms with Gasteiger partial charge in [0, 0.05) is 24.2 Å². The monoisotopic (exact) mass is 213 g/mol. The van der Waals surface area contributed by atoms with Gasteiger partial charge in [0.05, 0.1) is 6.54 Å². The van der Waals surface area contributed by atoms with Gasteiger partial charge in [-0.05, 0) is 27.2 Å². The van der Waals surface area contributed by atoms with E-state index in [4.69, 9.17) is 5.73 Å². The first-order valence-corrected chi connectivity index (χ1v) is 5.56. The summed E-state index contributed by atoms with van der Waals surface area (Å²) in [7, 11) is 0. The first-order valence-electron chi connectivity index (χ1n) is 5.56. The number of nitrogens with two attached hydrogens (primary N) is 1. The molecule has 1 rings (SSSR count). The van der Waals surface area contributed by atoms with Crippen LogP contribution in [0.4, 0.5) is 0 Å². The molecule has 4 nitrogen and oxygen atoms in total. The Labute approximate surface area is 92.2 Å². The van der Waals surface area contributed by atoms with Crippen LogP contribution in [0.2, 0.25) is 0 Å². The van der Waals surface area contributed by atoms with Crippen LogP contribution in [0.1, 0.15) is 34.1 Å². The van der Waals surface area contributed by atoms with Crippen molar-refractivity contribution in [2.45, 2.75) is 45.2 Å². The topological polar surface area (TPSA) is 58.4 Å². The number of carbonyl (C=O) groups excluding carboxylic acids is 1. The molecule has 0 atom stereocenters. The molecule has 1 fully saturated rings. The summed E-state index contributed by atoms with van der Waals surface area (Å²) in [6.07, 6.45) is 0.938. The predicted molar refractivity (Wildman–Crippen MR) is 61.5 cm³/mol. The lowest BCUT2D eigenvalue weighted by atomic mass is 9.94. The molecule has 1 aliphatic heterocycles. The van der Waals surface area contributed by atoms with Crippen molar-refractivity contribution < 1.29 is 4.79 Å². The van der Waals surface area contributed by atoms with E-state index >= 15 is 0 Å². The molecule has 1 aliphatic rings. The van der Waals surface area contributed by atoms with Crippen LogP contribution in [0.5, 0.6) is 0 Å². The molecule has 4 heteroatoms. The van der Waals surface area contributed by atoms with Crippen LogP contribution in [-0.4, -0.2) is 41.5 Å². The zero-order valence-electron chi connectivity index (χ0n) is 10.3. The summed E-state index contributed by atoms with van der Waals surface area (Å²) < 4.78 is 0. The molecule has 1 heterocycles. The van der Waals surface area contributed by atoms with Gasteiger partial charge in [-0.3, -0.25) is 9.69 Å².